The van der Waals surface area contributed by atoms with Crippen molar-refractivity contribution in [2.75, 3.05) is 7.11 Å². The highest BCUT2D eigenvalue weighted by atomic mass is 16.5. The largest absolute Gasteiger partial charge is 0.496 e. The Kier molecular flexibility index (Phi) is 3.03. The molecule has 1 fully saturated rings. The molecule has 0 N–H and O–H groups in total. The molecule has 0 aromatic heterocycles. The first-order valence-corrected chi connectivity index (χ1v) is 5.88. The lowest BCUT2D eigenvalue weighted by atomic mass is 9.71. The lowest BCUT2D eigenvalue weighted by Crippen LogP contribution is -2.32. The van der Waals surface area contributed by atoms with E-state index in [-0.39, 0.29) is 5.54 Å². The molecule has 0 unspecified atom stereocenters. The number of rotatable bonds is 3. The van der Waals surface area contributed by atoms with Gasteiger partial charge in [0.1, 0.15) is 5.75 Å². The molecular weight excluding hydrogens is 214 g/mol. The van der Waals surface area contributed by atoms with Crippen molar-refractivity contribution in [3.05, 3.63) is 28.8 Å². The third-order valence-electron chi connectivity index (χ3n) is 3.75. The van der Waals surface area contributed by atoms with E-state index in [2.05, 4.69) is 11.1 Å². The van der Waals surface area contributed by atoms with Gasteiger partial charge in [0.05, 0.1) is 12.6 Å². The molecule has 90 valence electrons. The number of methoxy groups -OCH3 is 1. The molecule has 17 heavy (non-hydrogen) atoms. The van der Waals surface area contributed by atoms with Crippen LogP contribution in [0.4, 0.5) is 0 Å². The van der Waals surface area contributed by atoms with E-state index in [1.165, 1.54) is 0 Å². The fourth-order valence-corrected chi connectivity index (χ4v) is 2.69. The van der Waals surface area contributed by atoms with Crippen LogP contribution in [0.15, 0.2) is 17.1 Å². The smallest absolute Gasteiger partial charge is 0.235 e. The molecule has 3 heteroatoms. The Labute approximate surface area is 102 Å². The normalized spacial score (nSPS) is 16.9. The third-order valence-corrected chi connectivity index (χ3v) is 3.75. The molecule has 0 spiro atoms. The predicted octanol–water partition coefficient (Wildman–Crippen LogP) is 3.03. The number of hydrogen-bond donors (Lipinski definition) is 0. The Hall–Kier alpha value is -1.60. The number of benzene rings is 1. The lowest BCUT2D eigenvalue weighted by molar-refractivity contribution is 0.253. The first-order chi connectivity index (χ1) is 8.14. The zero-order valence-corrected chi connectivity index (χ0v) is 10.5. The quantitative estimate of drug-likeness (QED) is 0.592. The maximum Gasteiger partial charge on any atom is 0.235 e. The molecule has 0 aliphatic heterocycles. The van der Waals surface area contributed by atoms with Crippen molar-refractivity contribution < 1.29 is 9.53 Å². The second-order valence-corrected chi connectivity index (χ2v) is 4.68. The monoisotopic (exact) mass is 231 g/mol. The Bertz CT molecular complexity index is 483. The molecule has 1 aliphatic rings. The van der Waals surface area contributed by atoms with Crippen LogP contribution in [0.1, 0.15) is 36.0 Å². The van der Waals surface area contributed by atoms with Crippen LogP contribution < -0.4 is 4.74 Å². The summed E-state index contributed by atoms with van der Waals surface area (Å²) < 4.78 is 5.42. The second-order valence-electron chi connectivity index (χ2n) is 4.68. The Morgan fingerprint density at radius 2 is 2.06 bits per heavy atom. The highest BCUT2D eigenvalue weighted by Gasteiger charge is 2.40. The van der Waals surface area contributed by atoms with Crippen molar-refractivity contribution in [2.24, 2.45) is 4.99 Å². The fourth-order valence-electron chi connectivity index (χ4n) is 2.69. The van der Waals surface area contributed by atoms with E-state index in [4.69, 9.17) is 4.74 Å². The van der Waals surface area contributed by atoms with Gasteiger partial charge in [-0.05, 0) is 49.8 Å². The molecule has 2 rings (SSSR count). The SMILES string of the molecule is COc1c(C)ccc(C2(N=C=O)CCC2)c1C. The first kappa shape index (κ1) is 11.9. The van der Waals surface area contributed by atoms with Gasteiger partial charge in [-0.15, -0.1) is 0 Å². The number of hydrogen-bond acceptors (Lipinski definition) is 3. The zero-order chi connectivity index (χ0) is 12.5. The Morgan fingerprint density at radius 3 is 2.53 bits per heavy atom. The summed E-state index contributed by atoms with van der Waals surface area (Å²) in [4.78, 5) is 14.6. The minimum Gasteiger partial charge on any atom is -0.496 e. The molecule has 1 aliphatic carbocycles. The number of isocyanates is 1. The molecule has 0 saturated heterocycles. The molecule has 1 aromatic carbocycles. The van der Waals surface area contributed by atoms with Crippen molar-refractivity contribution in [3.8, 4) is 5.75 Å². The van der Waals surface area contributed by atoms with Gasteiger partial charge in [0.15, 0.2) is 0 Å². The summed E-state index contributed by atoms with van der Waals surface area (Å²) in [7, 11) is 1.68. The molecule has 1 saturated carbocycles. The van der Waals surface area contributed by atoms with E-state index in [9.17, 15) is 4.79 Å². The predicted molar refractivity (Wildman–Crippen MR) is 66.1 cm³/mol. The fraction of sp³-hybridized carbons (Fsp3) is 0.500. The number of aryl methyl sites for hydroxylation is 1. The summed E-state index contributed by atoms with van der Waals surface area (Å²) in [6.45, 7) is 4.05. The topological polar surface area (TPSA) is 38.7 Å². The number of aliphatic imine (C=N–C) groups is 1. The number of carbonyl (C=O) groups excluding carboxylic acids is 1. The maximum absolute atomic E-state index is 10.6. The van der Waals surface area contributed by atoms with Crippen molar-refractivity contribution >= 4 is 6.08 Å². The minimum absolute atomic E-state index is 0.340. The number of ether oxygens (including phenoxy) is 1. The minimum atomic E-state index is -0.340. The van der Waals surface area contributed by atoms with Gasteiger partial charge in [-0.3, -0.25) is 0 Å². The van der Waals surface area contributed by atoms with Crippen LogP contribution in [0.3, 0.4) is 0 Å². The van der Waals surface area contributed by atoms with Gasteiger partial charge in [0, 0.05) is 0 Å². The van der Waals surface area contributed by atoms with E-state index in [0.29, 0.717) is 0 Å². The summed E-state index contributed by atoms with van der Waals surface area (Å²) >= 11 is 0. The van der Waals surface area contributed by atoms with Crippen LogP contribution in [0, 0.1) is 13.8 Å². The molecule has 1 aromatic rings. The third kappa shape index (κ3) is 1.77. The average molecular weight is 231 g/mol. The van der Waals surface area contributed by atoms with Crippen LogP contribution in [-0.2, 0) is 10.3 Å². The number of nitrogens with zero attached hydrogens (tertiary/aromatic N) is 1. The molecular formula is C14H17NO2. The van der Waals surface area contributed by atoms with E-state index in [0.717, 1.165) is 41.7 Å². The highest BCUT2D eigenvalue weighted by molar-refractivity contribution is 5.50. The van der Waals surface area contributed by atoms with Gasteiger partial charge in [0.2, 0.25) is 6.08 Å². The molecule has 0 bridgehead atoms. The van der Waals surface area contributed by atoms with Gasteiger partial charge in [-0.2, -0.15) is 4.99 Å². The second kappa shape index (κ2) is 4.34. The lowest BCUT2D eigenvalue weighted by Gasteiger charge is -2.38. The first-order valence-electron chi connectivity index (χ1n) is 5.88. The highest BCUT2D eigenvalue weighted by Crippen LogP contribution is 2.47. The molecule has 0 radical (unpaired) electrons. The summed E-state index contributed by atoms with van der Waals surface area (Å²) in [5, 5.41) is 0. The van der Waals surface area contributed by atoms with Crippen LogP contribution in [-0.4, -0.2) is 13.2 Å². The van der Waals surface area contributed by atoms with Crippen LogP contribution in [0.5, 0.6) is 5.75 Å². The molecule has 3 nitrogen and oxygen atoms in total. The molecule has 0 amide bonds. The average Bonchev–Trinajstić information content (AvgIpc) is 2.25. The Morgan fingerprint density at radius 1 is 1.35 bits per heavy atom. The van der Waals surface area contributed by atoms with E-state index >= 15 is 0 Å². The van der Waals surface area contributed by atoms with E-state index in [1.54, 1.807) is 13.2 Å². The van der Waals surface area contributed by atoms with Crippen LogP contribution >= 0.6 is 0 Å². The van der Waals surface area contributed by atoms with Gasteiger partial charge in [-0.1, -0.05) is 12.1 Å². The van der Waals surface area contributed by atoms with Crippen LogP contribution in [0.2, 0.25) is 0 Å². The van der Waals surface area contributed by atoms with Crippen molar-refractivity contribution in [3.63, 3.8) is 0 Å². The summed E-state index contributed by atoms with van der Waals surface area (Å²) in [6.07, 6.45) is 4.69. The Balaban J connectivity index is 2.56. The molecule has 0 atom stereocenters. The van der Waals surface area contributed by atoms with Gasteiger partial charge in [0.25, 0.3) is 0 Å². The summed E-state index contributed by atoms with van der Waals surface area (Å²) in [5.74, 6) is 0.898. The zero-order valence-electron chi connectivity index (χ0n) is 10.5. The summed E-state index contributed by atoms with van der Waals surface area (Å²) in [6, 6.07) is 4.09. The summed E-state index contributed by atoms with van der Waals surface area (Å²) in [5.41, 5.74) is 2.96. The maximum atomic E-state index is 10.6. The standard InChI is InChI=1S/C14H17NO2/c1-10-5-6-12(11(2)13(10)17-3)14(15-9-16)7-4-8-14/h5-6H,4,7-8H2,1-3H3. The van der Waals surface area contributed by atoms with Gasteiger partial charge in [-0.25, -0.2) is 4.79 Å². The van der Waals surface area contributed by atoms with Crippen molar-refractivity contribution in [1.82, 2.24) is 0 Å². The van der Waals surface area contributed by atoms with E-state index < -0.39 is 0 Å². The van der Waals surface area contributed by atoms with Gasteiger partial charge >= 0.3 is 0 Å². The molecule has 0 heterocycles. The van der Waals surface area contributed by atoms with Crippen LogP contribution in [0.25, 0.3) is 0 Å². The van der Waals surface area contributed by atoms with Gasteiger partial charge < -0.3 is 4.74 Å². The van der Waals surface area contributed by atoms with Crippen molar-refractivity contribution in [2.45, 2.75) is 38.6 Å². The van der Waals surface area contributed by atoms with E-state index in [1.807, 2.05) is 19.9 Å². The van der Waals surface area contributed by atoms with Crippen molar-refractivity contribution in [1.29, 1.82) is 0 Å².